The van der Waals surface area contributed by atoms with Gasteiger partial charge in [0.2, 0.25) is 5.88 Å². The quantitative estimate of drug-likeness (QED) is 0.810. The van der Waals surface area contributed by atoms with Gasteiger partial charge in [0, 0.05) is 6.04 Å². The maximum atomic E-state index is 6.12. The molecule has 1 saturated carbocycles. The Bertz CT molecular complexity index is 642. The third-order valence-corrected chi connectivity index (χ3v) is 5.11. The number of rotatable bonds is 4. The van der Waals surface area contributed by atoms with Crippen LogP contribution in [0, 0.1) is 11.8 Å². The lowest BCUT2D eigenvalue weighted by atomic mass is 9.93. The van der Waals surface area contributed by atoms with Gasteiger partial charge >= 0.3 is 0 Å². The number of aromatic nitrogens is 4. The molecular weight excluding hydrogens is 288 g/mol. The van der Waals surface area contributed by atoms with E-state index in [-0.39, 0.29) is 0 Å². The van der Waals surface area contributed by atoms with Gasteiger partial charge in [-0.25, -0.2) is 9.97 Å². The van der Waals surface area contributed by atoms with Crippen LogP contribution in [-0.4, -0.2) is 26.6 Å². The van der Waals surface area contributed by atoms with Crippen LogP contribution >= 0.6 is 11.6 Å². The summed E-state index contributed by atoms with van der Waals surface area (Å²) in [5, 5.41) is 0. The van der Waals surface area contributed by atoms with Crippen LogP contribution in [0.15, 0.2) is 6.33 Å². The normalized spacial score (nSPS) is 25.6. The summed E-state index contributed by atoms with van der Waals surface area (Å²) in [7, 11) is 1.60. The van der Waals surface area contributed by atoms with Crippen LogP contribution in [0.25, 0.3) is 11.2 Å². The second-order valence-corrected chi connectivity index (χ2v) is 6.03. The van der Waals surface area contributed by atoms with Crippen molar-refractivity contribution >= 4 is 22.8 Å². The molecule has 2 aromatic heterocycles. The molecule has 0 radical (unpaired) electrons. The van der Waals surface area contributed by atoms with E-state index >= 15 is 0 Å². The highest BCUT2D eigenvalue weighted by molar-refractivity contribution is 6.16. The second kappa shape index (κ2) is 5.79. The van der Waals surface area contributed by atoms with E-state index in [0.717, 1.165) is 23.8 Å². The molecule has 3 unspecified atom stereocenters. The molecule has 1 fully saturated rings. The monoisotopic (exact) mass is 308 g/mol. The van der Waals surface area contributed by atoms with Crippen molar-refractivity contribution in [3.05, 3.63) is 12.2 Å². The molecule has 0 aromatic carbocycles. The number of hydrogen-bond acceptors (Lipinski definition) is 4. The Balaban J connectivity index is 2.13. The second-order valence-electron chi connectivity index (χ2n) is 5.76. The van der Waals surface area contributed by atoms with Crippen molar-refractivity contribution in [3.8, 4) is 5.88 Å². The average molecular weight is 309 g/mol. The van der Waals surface area contributed by atoms with E-state index < -0.39 is 0 Å². The Hall–Kier alpha value is -1.36. The standard InChI is InChI=1S/C15H21ClN4O/c1-4-10-5-6-11(9(10)2)20-12(7-16)19-13-14(20)17-8-18-15(13)21-3/h8-11H,4-7H2,1-3H3. The molecule has 0 bridgehead atoms. The molecular formula is C15H21ClN4O. The first-order valence-corrected chi connectivity index (χ1v) is 8.06. The summed E-state index contributed by atoms with van der Waals surface area (Å²) in [6.07, 6.45) is 5.17. The summed E-state index contributed by atoms with van der Waals surface area (Å²) in [6, 6.07) is 0.410. The lowest BCUT2D eigenvalue weighted by Crippen LogP contribution is -2.17. The molecule has 0 N–H and O–H groups in total. The minimum atomic E-state index is 0.375. The maximum Gasteiger partial charge on any atom is 0.245 e. The van der Waals surface area contributed by atoms with Crippen molar-refractivity contribution in [3.63, 3.8) is 0 Å². The molecule has 5 nitrogen and oxygen atoms in total. The van der Waals surface area contributed by atoms with Crippen molar-refractivity contribution in [1.82, 2.24) is 19.5 Å². The number of methoxy groups -OCH3 is 1. The predicted molar refractivity (Wildman–Crippen MR) is 82.6 cm³/mol. The van der Waals surface area contributed by atoms with Crippen LogP contribution in [0.5, 0.6) is 5.88 Å². The molecule has 3 rings (SSSR count). The number of imidazole rings is 1. The van der Waals surface area contributed by atoms with Crippen LogP contribution in [0.4, 0.5) is 0 Å². The largest absolute Gasteiger partial charge is 0.479 e. The zero-order valence-corrected chi connectivity index (χ0v) is 13.5. The van der Waals surface area contributed by atoms with E-state index in [0.29, 0.717) is 29.2 Å². The van der Waals surface area contributed by atoms with Crippen molar-refractivity contribution in [2.45, 2.75) is 45.0 Å². The van der Waals surface area contributed by atoms with Crippen molar-refractivity contribution < 1.29 is 4.74 Å². The van der Waals surface area contributed by atoms with Gasteiger partial charge in [0.05, 0.1) is 13.0 Å². The summed E-state index contributed by atoms with van der Waals surface area (Å²) in [6.45, 7) is 4.59. The van der Waals surface area contributed by atoms with Crippen LogP contribution in [0.3, 0.4) is 0 Å². The highest BCUT2D eigenvalue weighted by Crippen LogP contribution is 2.43. The SMILES string of the molecule is CCC1CCC(n2c(CCl)nc3c(OC)ncnc32)C1C. The highest BCUT2D eigenvalue weighted by atomic mass is 35.5. The molecule has 1 aliphatic carbocycles. The van der Waals surface area contributed by atoms with Gasteiger partial charge in [-0.2, -0.15) is 4.98 Å². The number of nitrogens with zero attached hydrogens (tertiary/aromatic N) is 4. The number of hydrogen-bond donors (Lipinski definition) is 0. The molecule has 114 valence electrons. The van der Waals surface area contributed by atoms with E-state index in [1.807, 2.05) is 0 Å². The predicted octanol–water partition coefficient (Wildman–Crippen LogP) is 3.57. The molecule has 3 atom stereocenters. The molecule has 2 aromatic rings. The van der Waals surface area contributed by atoms with Crippen molar-refractivity contribution in [2.24, 2.45) is 11.8 Å². The van der Waals surface area contributed by atoms with E-state index in [4.69, 9.17) is 16.3 Å². The molecule has 2 heterocycles. The molecule has 0 aliphatic heterocycles. The Morgan fingerprint density at radius 2 is 2.19 bits per heavy atom. The van der Waals surface area contributed by atoms with Crippen LogP contribution in [-0.2, 0) is 5.88 Å². The smallest absolute Gasteiger partial charge is 0.245 e. The fourth-order valence-corrected chi connectivity index (χ4v) is 3.88. The lowest BCUT2D eigenvalue weighted by Gasteiger charge is -2.22. The van der Waals surface area contributed by atoms with E-state index in [2.05, 4.69) is 33.4 Å². The first-order valence-electron chi connectivity index (χ1n) is 7.53. The molecule has 21 heavy (non-hydrogen) atoms. The van der Waals surface area contributed by atoms with E-state index in [9.17, 15) is 0 Å². The minimum absolute atomic E-state index is 0.375. The number of fused-ring (bicyclic) bond motifs is 1. The summed E-state index contributed by atoms with van der Waals surface area (Å²) < 4.78 is 7.52. The first-order chi connectivity index (χ1) is 10.2. The van der Waals surface area contributed by atoms with Crippen molar-refractivity contribution in [2.75, 3.05) is 7.11 Å². The average Bonchev–Trinajstić information content (AvgIpc) is 3.06. The maximum absolute atomic E-state index is 6.12. The first kappa shape index (κ1) is 14.6. The lowest BCUT2D eigenvalue weighted by molar-refractivity contribution is 0.329. The van der Waals surface area contributed by atoms with Gasteiger partial charge in [0.1, 0.15) is 12.2 Å². The topological polar surface area (TPSA) is 52.8 Å². The highest BCUT2D eigenvalue weighted by Gasteiger charge is 2.35. The Morgan fingerprint density at radius 3 is 2.81 bits per heavy atom. The van der Waals surface area contributed by atoms with Gasteiger partial charge in [-0.3, -0.25) is 0 Å². The van der Waals surface area contributed by atoms with Gasteiger partial charge in [-0.1, -0.05) is 20.3 Å². The number of alkyl halides is 1. The van der Waals surface area contributed by atoms with Crippen LogP contribution in [0.2, 0.25) is 0 Å². The third-order valence-electron chi connectivity index (χ3n) is 4.87. The van der Waals surface area contributed by atoms with Crippen LogP contribution < -0.4 is 4.74 Å². The van der Waals surface area contributed by atoms with Gasteiger partial charge in [0.15, 0.2) is 11.2 Å². The third kappa shape index (κ3) is 2.27. The number of halogens is 1. The van der Waals surface area contributed by atoms with Gasteiger partial charge < -0.3 is 9.30 Å². The molecule has 1 aliphatic rings. The molecule has 0 saturated heterocycles. The van der Waals surface area contributed by atoms with Gasteiger partial charge in [-0.15, -0.1) is 11.6 Å². The van der Waals surface area contributed by atoms with Crippen molar-refractivity contribution in [1.29, 1.82) is 0 Å². The Labute approximate surface area is 129 Å². The summed E-state index contributed by atoms with van der Waals surface area (Å²) >= 11 is 6.12. The van der Waals surface area contributed by atoms with E-state index in [1.54, 1.807) is 7.11 Å². The van der Waals surface area contributed by atoms with E-state index in [1.165, 1.54) is 19.2 Å². The minimum Gasteiger partial charge on any atom is -0.479 e. The Morgan fingerprint density at radius 1 is 1.38 bits per heavy atom. The zero-order chi connectivity index (χ0) is 15.0. The summed E-state index contributed by atoms with van der Waals surface area (Å²) in [5.41, 5.74) is 1.55. The van der Waals surface area contributed by atoms with Crippen LogP contribution in [0.1, 0.15) is 45.0 Å². The molecule has 0 spiro atoms. The summed E-state index contributed by atoms with van der Waals surface area (Å²) in [5.74, 6) is 3.12. The Kier molecular flexibility index (Phi) is 4.02. The zero-order valence-electron chi connectivity index (χ0n) is 12.7. The van der Waals surface area contributed by atoms with Gasteiger partial charge in [0.25, 0.3) is 0 Å². The number of ether oxygens (including phenoxy) is 1. The summed E-state index contributed by atoms with van der Waals surface area (Å²) in [4.78, 5) is 13.2. The fraction of sp³-hybridized carbons (Fsp3) is 0.667. The molecule has 6 heteroatoms. The fourth-order valence-electron chi connectivity index (χ4n) is 3.69. The van der Waals surface area contributed by atoms with Gasteiger partial charge in [-0.05, 0) is 24.7 Å². The molecule has 0 amide bonds.